The number of nitrogens with zero attached hydrogens (tertiary/aromatic N) is 3. The van der Waals surface area contributed by atoms with E-state index in [0.29, 0.717) is 56.3 Å². The van der Waals surface area contributed by atoms with Gasteiger partial charge in [-0.2, -0.15) is 0 Å². The Morgan fingerprint density at radius 1 is 1.18 bits per heavy atom. The fraction of sp³-hybridized carbons (Fsp3) is 0.526. The van der Waals surface area contributed by atoms with Crippen LogP contribution < -0.4 is 0 Å². The second kappa shape index (κ2) is 9.62. The Hall–Kier alpha value is -1.77. The van der Waals surface area contributed by atoms with Gasteiger partial charge in [0.25, 0.3) is 5.24 Å². The highest BCUT2D eigenvalue weighted by Crippen LogP contribution is 2.29. The number of benzene rings is 1. The van der Waals surface area contributed by atoms with Crippen molar-refractivity contribution < 1.29 is 19.1 Å². The predicted octanol–water partition coefficient (Wildman–Crippen LogP) is 2.26. The second-order valence-electron chi connectivity index (χ2n) is 6.72. The predicted molar refractivity (Wildman–Crippen MR) is 108 cm³/mol. The molecule has 0 radical (unpaired) electrons. The van der Waals surface area contributed by atoms with E-state index in [1.165, 1.54) is 18.9 Å². The number of carbonyl (C=O) groups excluding carboxylic acids is 3. The molecule has 2 heterocycles. The maximum Gasteiger partial charge on any atom is 0.327 e. The third-order valence-electron chi connectivity index (χ3n) is 5.10. The highest BCUT2D eigenvalue weighted by Gasteiger charge is 2.33. The number of halogens is 1. The van der Waals surface area contributed by atoms with Gasteiger partial charge in [0.2, 0.25) is 5.91 Å². The summed E-state index contributed by atoms with van der Waals surface area (Å²) in [7, 11) is 1.36. The molecular formula is C19H24ClN3O4S. The van der Waals surface area contributed by atoms with Crippen LogP contribution in [0.15, 0.2) is 24.3 Å². The lowest BCUT2D eigenvalue weighted by Crippen LogP contribution is -2.51. The minimum Gasteiger partial charge on any atom is -0.468 e. The van der Waals surface area contributed by atoms with Gasteiger partial charge in [0.1, 0.15) is 6.04 Å². The Morgan fingerprint density at radius 2 is 1.89 bits per heavy atom. The Labute approximate surface area is 173 Å². The largest absolute Gasteiger partial charge is 0.468 e. The number of carbonyl (C=O) groups is 3. The summed E-state index contributed by atoms with van der Waals surface area (Å²) >= 11 is 7.60. The molecule has 1 atom stereocenters. The molecule has 2 fully saturated rings. The summed E-state index contributed by atoms with van der Waals surface area (Å²) in [5.74, 6) is 0.470. The molecule has 1 aromatic rings. The fourth-order valence-corrected chi connectivity index (χ4v) is 4.62. The van der Waals surface area contributed by atoms with Crippen LogP contribution in [0.25, 0.3) is 0 Å². The molecule has 0 aromatic heterocycles. The maximum absolute atomic E-state index is 12.5. The molecule has 1 aromatic carbocycles. The summed E-state index contributed by atoms with van der Waals surface area (Å²) < 4.78 is 5.00. The van der Waals surface area contributed by atoms with Crippen LogP contribution >= 0.6 is 23.4 Å². The van der Waals surface area contributed by atoms with E-state index in [0.717, 1.165) is 5.75 Å². The summed E-state index contributed by atoms with van der Waals surface area (Å²) in [5.41, 5.74) is 0.709. The molecule has 0 bridgehead atoms. The molecule has 1 unspecified atom stereocenters. The molecule has 7 nitrogen and oxygen atoms in total. The molecule has 152 valence electrons. The fourth-order valence-electron chi connectivity index (χ4n) is 3.53. The number of methoxy groups -OCH3 is 1. The number of piperazine rings is 1. The van der Waals surface area contributed by atoms with E-state index >= 15 is 0 Å². The van der Waals surface area contributed by atoms with Crippen molar-refractivity contribution in [2.24, 2.45) is 0 Å². The van der Waals surface area contributed by atoms with Crippen molar-refractivity contribution in [3.63, 3.8) is 0 Å². The van der Waals surface area contributed by atoms with Crippen LogP contribution in [-0.4, -0.2) is 83.9 Å². The summed E-state index contributed by atoms with van der Waals surface area (Å²) in [6.45, 7) is 3.34. The first-order valence-corrected chi connectivity index (χ1v) is 10.6. The number of hydrogen-bond acceptors (Lipinski definition) is 6. The van der Waals surface area contributed by atoms with Crippen LogP contribution in [0.4, 0.5) is 4.79 Å². The summed E-state index contributed by atoms with van der Waals surface area (Å²) in [4.78, 5) is 42.1. The van der Waals surface area contributed by atoms with E-state index in [-0.39, 0.29) is 17.1 Å². The zero-order valence-electron chi connectivity index (χ0n) is 15.8. The van der Waals surface area contributed by atoms with Crippen LogP contribution in [0.3, 0.4) is 0 Å². The Balaban J connectivity index is 1.58. The number of ether oxygens (including phenoxy) is 1. The molecule has 3 rings (SSSR count). The molecule has 2 aliphatic heterocycles. The first-order valence-electron chi connectivity index (χ1n) is 9.27. The standard InChI is InChI=1S/C19H24ClN3O4S/c1-27-18(25)17(14-4-2-3-5-15(14)20)22-10-8-21(9-11-22)16(24)6-7-23-12-13-28-19(23)26/h2-5,17H,6-13H2,1H3. The van der Waals surface area contributed by atoms with Gasteiger partial charge in [-0.25, -0.2) is 4.79 Å². The van der Waals surface area contributed by atoms with Crippen molar-refractivity contribution in [3.8, 4) is 0 Å². The highest BCUT2D eigenvalue weighted by atomic mass is 35.5. The number of amides is 2. The molecule has 2 amide bonds. The zero-order chi connectivity index (χ0) is 20.1. The van der Waals surface area contributed by atoms with Gasteiger partial charge in [-0.05, 0) is 11.6 Å². The van der Waals surface area contributed by atoms with Crippen molar-refractivity contribution in [3.05, 3.63) is 34.9 Å². The average Bonchev–Trinajstić information content (AvgIpc) is 3.13. The average molecular weight is 426 g/mol. The number of thioether (sulfide) groups is 1. The summed E-state index contributed by atoms with van der Waals surface area (Å²) in [5, 5.41) is 0.572. The van der Waals surface area contributed by atoms with Crippen molar-refractivity contribution >= 4 is 40.5 Å². The smallest absolute Gasteiger partial charge is 0.327 e. The molecule has 9 heteroatoms. The van der Waals surface area contributed by atoms with E-state index in [1.807, 2.05) is 23.1 Å². The minimum atomic E-state index is -0.588. The number of rotatable bonds is 6. The lowest BCUT2D eigenvalue weighted by Gasteiger charge is -2.38. The van der Waals surface area contributed by atoms with Gasteiger partial charge >= 0.3 is 5.97 Å². The summed E-state index contributed by atoms with van der Waals surface area (Å²) in [6, 6.07) is 6.65. The first-order chi connectivity index (χ1) is 13.5. The summed E-state index contributed by atoms with van der Waals surface area (Å²) in [6.07, 6.45) is 0.331. The third kappa shape index (κ3) is 4.79. The zero-order valence-corrected chi connectivity index (χ0v) is 17.4. The topological polar surface area (TPSA) is 70.2 Å². The van der Waals surface area contributed by atoms with E-state index in [2.05, 4.69) is 0 Å². The van der Waals surface area contributed by atoms with Gasteiger partial charge in [-0.3, -0.25) is 14.5 Å². The maximum atomic E-state index is 12.5. The van der Waals surface area contributed by atoms with Gasteiger partial charge in [0, 0.05) is 56.5 Å². The van der Waals surface area contributed by atoms with E-state index in [4.69, 9.17) is 16.3 Å². The second-order valence-corrected chi connectivity index (χ2v) is 8.17. The van der Waals surface area contributed by atoms with Crippen molar-refractivity contribution in [2.45, 2.75) is 12.5 Å². The van der Waals surface area contributed by atoms with Gasteiger partial charge in [0.05, 0.1) is 7.11 Å². The lowest BCUT2D eigenvalue weighted by molar-refractivity contribution is -0.148. The van der Waals surface area contributed by atoms with Crippen LogP contribution in [0, 0.1) is 0 Å². The Kier molecular flexibility index (Phi) is 7.20. The molecular weight excluding hydrogens is 402 g/mol. The van der Waals surface area contributed by atoms with E-state index in [1.54, 1.807) is 15.9 Å². The van der Waals surface area contributed by atoms with Crippen molar-refractivity contribution in [1.29, 1.82) is 0 Å². The quantitative estimate of drug-likeness (QED) is 0.651. The van der Waals surface area contributed by atoms with Crippen LogP contribution in [0.2, 0.25) is 5.02 Å². The molecule has 0 N–H and O–H groups in total. The van der Waals surface area contributed by atoms with Crippen LogP contribution in [-0.2, 0) is 14.3 Å². The van der Waals surface area contributed by atoms with Crippen molar-refractivity contribution in [1.82, 2.24) is 14.7 Å². The molecule has 28 heavy (non-hydrogen) atoms. The molecule has 2 saturated heterocycles. The van der Waals surface area contributed by atoms with E-state index < -0.39 is 6.04 Å². The molecule has 2 aliphatic rings. The SMILES string of the molecule is COC(=O)C(c1ccccc1Cl)N1CCN(C(=O)CCN2CCSC2=O)CC1. The molecule has 0 spiro atoms. The van der Waals surface area contributed by atoms with Crippen LogP contribution in [0.5, 0.6) is 0 Å². The number of esters is 1. The Morgan fingerprint density at radius 3 is 2.50 bits per heavy atom. The monoisotopic (exact) mass is 425 g/mol. The molecule has 0 aliphatic carbocycles. The minimum absolute atomic E-state index is 0.0386. The van der Waals surface area contributed by atoms with E-state index in [9.17, 15) is 14.4 Å². The Bertz CT molecular complexity index is 740. The lowest BCUT2D eigenvalue weighted by atomic mass is 10.0. The van der Waals surface area contributed by atoms with Crippen LogP contribution in [0.1, 0.15) is 18.0 Å². The highest BCUT2D eigenvalue weighted by molar-refractivity contribution is 8.13. The van der Waals surface area contributed by atoms with Gasteiger partial charge in [0.15, 0.2) is 0 Å². The third-order valence-corrected chi connectivity index (χ3v) is 6.33. The number of hydrogen-bond donors (Lipinski definition) is 0. The van der Waals surface area contributed by atoms with Gasteiger partial charge in [-0.15, -0.1) is 0 Å². The van der Waals surface area contributed by atoms with Crippen molar-refractivity contribution in [2.75, 3.05) is 52.1 Å². The van der Waals surface area contributed by atoms with Gasteiger partial charge in [-0.1, -0.05) is 41.6 Å². The normalized spacial score (nSPS) is 19.0. The molecule has 0 saturated carbocycles. The first kappa shape index (κ1) is 21.0. The van der Waals surface area contributed by atoms with Gasteiger partial charge < -0.3 is 14.5 Å².